The lowest BCUT2D eigenvalue weighted by molar-refractivity contribution is 1.52. The van der Waals surface area contributed by atoms with Gasteiger partial charge in [-0.25, -0.2) is 0 Å². The molecule has 0 saturated carbocycles. The summed E-state index contributed by atoms with van der Waals surface area (Å²) in [5, 5.41) is 4.32. The Kier molecular flexibility index (Phi) is 4.68. The lowest BCUT2D eigenvalue weighted by Gasteiger charge is -2.10. The molecule has 2 nitrogen and oxygen atoms in total. The Morgan fingerprint density at radius 3 is 2.47 bits per heavy atom. The molecule has 0 aliphatic rings. The highest BCUT2D eigenvalue weighted by Crippen LogP contribution is 2.30. The maximum atomic E-state index is 6.11. The summed E-state index contributed by atoms with van der Waals surface area (Å²) in [4.78, 5) is 0.275. The monoisotopic (exact) mass is 374 g/mol. The number of rotatable bonds is 3. The van der Waals surface area contributed by atoms with Crippen LogP contribution >= 0.6 is 51.3 Å². The minimum Gasteiger partial charge on any atom is -0.389 e. The molecule has 0 unspecified atom stereocenters. The van der Waals surface area contributed by atoms with Crippen LogP contribution in [0.3, 0.4) is 0 Å². The van der Waals surface area contributed by atoms with Gasteiger partial charge in [-0.3, -0.25) is 0 Å². The zero-order valence-electron chi connectivity index (χ0n) is 9.58. The van der Waals surface area contributed by atoms with Gasteiger partial charge in [-0.05, 0) is 36.4 Å². The maximum Gasteiger partial charge on any atom is 0.105 e. The normalized spacial score (nSPS) is 10.3. The molecule has 0 fully saturated rings. The molecule has 0 spiro atoms. The SMILES string of the molecule is NC(=S)c1ccc(Nc2cc(Br)ccc2Cl)cc1Cl. The number of nitrogens with two attached hydrogens (primary N) is 1. The van der Waals surface area contributed by atoms with Crippen LogP contribution in [0.25, 0.3) is 0 Å². The third-order valence-electron chi connectivity index (χ3n) is 2.44. The van der Waals surface area contributed by atoms with Crippen molar-refractivity contribution in [2.24, 2.45) is 5.73 Å². The van der Waals surface area contributed by atoms with Gasteiger partial charge in [-0.2, -0.15) is 0 Å². The topological polar surface area (TPSA) is 38.0 Å². The summed E-state index contributed by atoms with van der Waals surface area (Å²) in [7, 11) is 0. The molecule has 6 heteroatoms. The average Bonchev–Trinajstić information content (AvgIpc) is 2.33. The van der Waals surface area contributed by atoms with E-state index in [9.17, 15) is 0 Å². The summed E-state index contributed by atoms with van der Waals surface area (Å²) in [5.74, 6) is 0. The molecule has 2 rings (SSSR count). The van der Waals surface area contributed by atoms with Gasteiger partial charge in [0.1, 0.15) is 4.99 Å². The van der Waals surface area contributed by atoms with Crippen molar-refractivity contribution in [2.75, 3.05) is 5.32 Å². The minimum atomic E-state index is 0.275. The molecular weight excluding hydrogens is 367 g/mol. The van der Waals surface area contributed by atoms with E-state index >= 15 is 0 Å². The predicted molar refractivity (Wildman–Crippen MR) is 89.8 cm³/mol. The molecule has 2 aromatic rings. The largest absolute Gasteiger partial charge is 0.389 e. The molecule has 0 atom stereocenters. The number of hydrogen-bond donors (Lipinski definition) is 2. The second-order valence-corrected chi connectivity index (χ2v) is 5.98. The second kappa shape index (κ2) is 6.09. The van der Waals surface area contributed by atoms with Crippen molar-refractivity contribution >= 4 is 67.7 Å². The molecule has 0 aliphatic heterocycles. The predicted octanol–water partition coefficient (Wildman–Crippen LogP) is 5.13. The van der Waals surface area contributed by atoms with Gasteiger partial charge < -0.3 is 11.1 Å². The van der Waals surface area contributed by atoms with E-state index in [1.807, 2.05) is 18.2 Å². The van der Waals surface area contributed by atoms with Gasteiger partial charge in [0.2, 0.25) is 0 Å². The van der Waals surface area contributed by atoms with Crippen molar-refractivity contribution in [3.05, 3.63) is 56.5 Å². The molecular formula is C13H9BrCl2N2S. The van der Waals surface area contributed by atoms with Crippen LogP contribution in [-0.2, 0) is 0 Å². The van der Waals surface area contributed by atoms with Gasteiger partial charge in [0, 0.05) is 15.7 Å². The van der Waals surface area contributed by atoms with Gasteiger partial charge in [0.05, 0.1) is 15.7 Å². The van der Waals surface area contributed by atoms with Crippen LogP contribution in [0.1, 0.15) is 5.56 Å². The van der Waals surface area contributed by atoms with Crippen molar-refractivity contribution in [1.82, 2.24) is 0 Å². The first-order valence-corrected chi connectivity index (χ1v) is 7.24. The van der Waals surface area contributed by atoms with Crippen molar-refractivity contribution in [3.63, 3.8) is 0 Å². The van der Waals surface area contributed by atoms with Crippen LogP contribution in [0.15, 0.2) is 40.9 Å². The van der Waals surface area contributed by atoms with E-state index < -0.39 is 0 Å². The molecule has 98 valence electrons. The van der Waals surface area contributed by atoms with Gasteiger partial charge in [-0.15, -0.1) is 0 Å². The van der Waals surface area contributed by atoms with Crippen molar-refractivity contribution < 1.29 is 0 Å². The number of thiocarbonyl (C=S) groups is 1. The maximum absolute atomic E-state index is 6.11. The summed E-state index contributed by atoms with van der Waals surface area (Å²) >= 11 is 20.5. The smallest absolute Gasteiger partial charge is 0.105 e. The quantitative estimate of drug-likeness (QED) is 0.730. The number of halogens is 3. The Morgan fingerprint density at radius 2 is 1.84 bits per heavy atom. The fourth-order valence-electron chi connectivity index (χ4n) is 1.54. The van der Waals surface area contributed by atoms with Gasteiger partial charge >= 0.3 is 0 Å². The van der Waals surface area contributed by atoms with Crippen molar-refractivity contribution in [3.8, 4) is 0 Å². The van der Waals surface area contributed by atoms with Crippen LogP contribution in [0.4, 0.5) is 11.4 Å². The Labute approximate surface area is 135 Å². The van der Waals surface area contributed by atoms with Gasteiger partial charge in [-0.1, -0.05) is 51.3 Å². The van der Waals surface area contributed by atoms with Crippen LogP contribution < -0.4 is 11.1 Å². The zero-order valence-corrected chi connectivity index (χ0v) is 13.5. The molecule has 0 bridgehead atoms. The highest BCUT2D eigenvalue weighted by atomic mass is 79.9. The molecule has 2 aromatic carbocycles. The van der Waals surface area contributed by atoms with E-state index in [0.29, 0.717) is 15.6 Å². The van der Waals surface area contributed by atoms with Crippen molar-refractivity contribution in [2.45, 2.75) is 0 Å². The summed E-state index contributed by atoms with van der Waals surface area (Å²) < 4.78 is 0.935. The molecule has 0 radical (unpaired) electrons. The minimum absolute atomic E-state index is 0.275. The fourth-order valence-corrected chi connectivity index (χ4v) is 2.58. The van der Waals surface area contributed by atoms with E-state index in [0.717, 1.165) is 15.8 Å². The lowest BCUT2D eigenvalue weighted by atomic mass is 10.2. The zero-order chi connectivity index (χ0) is 14.0. The Hall–Kier alpha value is -0.810. The third kappa shape index (κ3) is 3.60. The van der Waals surface area contributed by atoms with Crippen LogP contribution in [0, 0.1) is 0 Å². The Bertz CT molecular complexity index is 647. The first kappa shape index (κ1) is 14.6. The molecule has 19 heavy (non-hydrogen) atoms. The fraction of sp³-hybridized carbons (Fsp3) is 0. The highest BCUT2D eigenvalue weighted by molar-refractivity contribution is 9.10. The highest BCUT2D eigenvalue weighted by Gasteiger charge is 2.06. The lowest BCUT2D eigenvalue weighted by Crippen LogP contribution is -2.09. The van der Waals surface area contributed by atoms with E-state index in [1.165, 1.54) is 0 Å². The number of hydrogen-bond acceptors (Lipinski definition) is 2. The number of anilines is 2. The van der Waals surface area contributed by atoms with E-state index in [1.54, 1.807) is 18.2 Å². The Balaban J connectivity index is 2.31. The third-order valence-corrected chi connectivity index (χ3v) is 3.80. The molecule has 0 aliphatic carbocycles. The molecule has 0 heterocycles. The standard InChI is InChI=1S/C13H9BrCl2N2S/c14-7-1-4-10(15)12(5-7)18-8-2-3-9(13(17)19)11(16)6-8/h1-6,18H,(H2,17,19). The first-order valence-electron chi connectivity index (χ1n) is 5.29. The van der Waals surface area contributed by atoms with E-state index in [2.05, 4.69) is 21.2 Å². The average molecular weight is 376 g/mol. The second-order valence-electron chi connectivity index (χ2n) is 3.81. The summed E-state index contributed by atoms with van der Waals surface area (Å²) in [6, 6.07) is 10.9. The van der Waals surface area contributed by atoms with E-state index in [-0.39, 0.29) is 4.99 Å². The van der Waals surface area contributed by atoms with E-state index in [4.69, 9.17) is 41.2 Å². The Morgan fingerprint density at radius 1 is 1.11 bits per heavy atom. The molecule has 0 amide bonds. The van der Waals surface area contributed by atoms with Crippen LogP contribution in [0.5, 0.6) is 0 Å². The van der Waals surface area contributed by atoms with Gasteiger partial charge in [0.15, 0.2) is 0 Å². The molecule has 0 aromatic heterocycles. The number of nitrogens with one attached hydrogen (secondary N) is 1. The summed E-state index contributed by atoms with van der Waals surface area (Å²) in [6.45, 7) is 0. The van der Waals surface area contributed by atoms with Crippen LogP contribution in [-0.4, -0.2) is 4.99 Å². The molecule has 3 N–H and O–H groups in total. The van der Waals surface area contributed by atoms with Crippen LogP contribution in [0.2, 0.25) is 10.0 Å². The number of benzene rings is 2. The summed E-state index contributed by atoms with van der Waals surface area (Å²) in [5.41, 5.74) is 7.81. The molecule has 0 saturated heterocycles. The summed E-state index contributed by atoms with van der Waals surface area (Å²) in [6.07, 6.45) is 0. The van der Waals surface area contributed by atoms with Crippen molar-refractivity contribution in [1.29, 1.82) is 0 Å². The van der Waals surface area contributed by atoms with Gasteiger partial charge in [0.25, 0.3) is 0 Å². The first-order chi connectivity index (χ1) is 8.97.